The summed E-state index contributed by atoms with van der Waals surface area (Å²) >= 11 is 0. The van der Waals surface area contributed by atoms with E-state index in [1.165, 1.54) is 0 Å². The van der Waals surface area contributed by atoms with Crippen LogP contribution in [0.4, 0.5) is 4.79 Å². The van der Waals surface area contributed by atoms with Crippen LogP contribution in [0, 0.1) is 0 Å². The van der Waals surface area contributed by atoms with Crippen molar-refractivity contribution in [3.05, 3.63) is 0 Å². The van der Waals surface area contributed by atoms with Gasteiger partial charge in [0.1, 0.15) is 0 Å². The lowest BCUT2D eigenvalue weighted by molar-refractivity contribution is 0.134. The zero-order valence-corrected chi connectivity index (χ0v) is 7.85. The van der Waals surface area contributed by atoms with Crippen molar-refractivity contribution < 1.29 is 24.3 Å². The smallest absolute Gasteiger partial charge is 0.407 e. The molecule has 0 bridgehead atoms. The van der Waals surface area contributed by atoms with E-state index >= 15 is 0 Å². The van der Waals surface area contributed by atoms with Gasteiger partial charge in [-0.2, -0.15) is 0 Å². The van der Waals surface area contributed by atoms with Crippen molar-refractivity contribution in [1.29, 1.82) is 0 Å². The van der Waals surface area contributed by atoms with Gasteiger partial charge in [-0.15, -0.1) is 0 Å². The van der Waals surface area contributed by atoms with Crippen LogP contribution in [0.2, 0.25) is 0 Å². The quantitative estimate of drug-likeness (QED) is 0.540. The summed E-state index contributed by atoms with van der Waals surface area (Å²) in [5, 5.41) is 8.59. The number of nitrogens with zero attached hydrogens (tertiary/aromatic N) is 1. The first kappa shape index (κ1) is 10.5. The summed E-state index contributed by atoms with van der Waals surface area (Å²) in [6.07, 6.45) is -0.200. The van der Waals surface area contributed by atoms with Gasteiger partial charge in [0.25, 0.3) is 0 Å². The van der Waals surface area contributed by atoms with E-state index in [1.807, 2.05) is 0 Å². The van der Waals surface area contributed by atoms with Crippen LogP contribution in [0.15, 0.2) is 0 Å². The van der Waals surface area contributed by atoms with Gasteiger partial charge in [-0.1, -0.05) is 0 Å². The molecule has 1 fully saturated rings. The summed E-state index contributed by atoms with van der Waals surface area (Å²) in [4.78, 5) is 29.2. The molecule has 0 spiro atoms. The summed E-state index contributed by atoms with van der Waals surface area (Å²) in [7, 11) is -4.12. The van der Waals surface area contributed by atoms with E-state index in [9.17, 15) is 9.36 Å². The van der Waals surface area contributed by atoms with Crippen molar-refractivity contribution in [2.75, 3.05) is 13.1 Å². The predicted octanol–water partition coefficient (Wildman–Crippen LogP) is 0.307. The van der Waals surface area contributed by atoms with Crippen molar-refractivity contribution in [2.24, 2.45) is 0 Å². The fourth-order valence-corrected chi connectivity index (χ4v) is 2.33. The van der Waals surface area contributed by atoms with Gasteiger partial charge < -0.3 is 19.8 Å². The van der Waals surface area contributed by atoms with Crippen molar-refractivity contribution >= 4 is 13.7 Å². The molecule has 1 atom stereocenters. The molecule has 1 aliphatic rings. The van der Waals surface area contributed by atoms with Crippen LogP contribution in [0.25, 0.3) is 0 Å². The summed E-state index contributed by atoms with van der Waals surface area (Å²) in [6.45, 7) is 0.311. The van der Waals surface area contributed by atoms with Gasteiger partial charge in [0.05, 0.1) is 5.66 Å². The van der Waals surface area contributed by atoms with Crippen molar-refractivity contribution in [3.8, 4) is 0 Å². The first-order valence-electron chi connectivity index (χ1n) is 3.94. The Morgan fingerprint density at radius 3 is 2.54 bits per heavy atom. The molecule has 1 heterocycles. The minimum absolute atomic E-state index is 0.0559. The van der Waals surface area contributed by atoms with E-state index in [0.29, 0.717) is 19.4 Å². The molecule has 13 heavy (non-hydrogen) atoms. The van der Waals surface area contributed by atoms with Crippen molar-refractivity contribution in [3.63, 3.8) is 0 Å². The van der Waals surface area contributed by atoms with Gasteiger partial charge in [0, 0.05) is 13.1 Å². The molecule has 1 unspecified atom stereocenters. The fraction of sp³-hybridized carbons (Fsp3) is 0.833. The monoisotopic (exact) mass is 209 g/mol. The average Bonchev–Trinajstić information content (AvgIpc) is 2.03. The normalized spacial score (nSPS) is 24.5. The molecule has 3 N–H and O–H groups in total. The molecule has 76 valence electrons. The maximum atomic E-state index is 10.8. The highest BCUT2D eigenvalue weighted by Crippen LogP contribution is 2.45. The van der Waals surface area contributed by atoms with Crippen LogP contribution in [-0.2, 0) is 4.57 Å². The Labute approximate surface area is 75.3 Å². The van der Waals surface area contributed by atoms with Crippen LogP contribution in [0.3, 0.4) is 0 Å². The van der Waals surface area contributed by atoms with Crippen LogP contribution in [0.1, 0.15) is 12.8 Å². The number of amides is 1. The molecular formula is C6H12NO5P. The van der Waals surface area contributed by atoms with E-state index in [0.717, 1.165) is 4.90 Å². The van der Waals surface area contributed by atoms with Crippen LogP contribution >= 0.6 is 7.60 Å². The second kappa shape index (κ2) is 3.65. The van der Waals surface area contributed by atoms with Crippen molar-refractivity contribution in [2.45, 2.75) is 18.5 Å². The number of rotatable bonds is 1. The molecule has 0 radical (unpaired) electrons. The Kier molecular flexibility index (Phi) is 2.95. The highest BCUT2D eigenvalue weighted by atomic mass is 31.2. The third-order valence-corrected chi connectivity index (χ3v) is 3.52. The Bertz CT molecular complexity index is 249. The number of hydrogen-bond acceptors (Lipinski definition) is 2. The molecule has 1 rings (SSSR count). The summed E-state index contributed by atoms with van der Waals surface area (Å²) in [5.74, 6) is 0. The Morgan fingerprint density at radius 2 is 2.08 bits per heavy atom. The van der Waals surface area contributed by atoms with E-state index in [1.54, 1.807) is 0 Å². The average molecular weight is 209 g/mol. The molecule has 7 heteroatoms. The Hall–Kier alpha value is -0.580. The number of hydrogen-bond donors (Lipinski definition) is 3. The standard InChI is InChI=1S/C6H12NO5P/c8-6(9)7-3-1-2-5(4-7)13(10,11)12/h5H,1-4H2,(H,8,9)(H2,10,11,12). The van der Waals surface area contributed by atoms with E-state index in [-0.39, 0.29) is 6.54 Å². The van der Waals surface area contributed by atoms with Crippen molar-refractivity contribution in [1.82, 2.24) is 4.90 Å². The van der Waals surface area contributed by atoms with Crippen LogP contribution < -0.4 is 0 Å². The third-order valence-electron chi connectivity index (χ3n) is 2.14. The van der Waals surface area contributed by atoms with Gasteiger partial charge >= 0.3 is 13.7 Å². The molecule has 0 saturated carbocycles. The lowest BCUT2D eigenvalue weighted by Gasteiger charge is -2.30. The lowest BCUT2D eigenvalue weighted by atomic mass is 10.1. The SMILES string of the molecule is O=C(O)N1CCCC(P(=O)(O)O)C1. The first-order valence-corrected chi connectivity index (χ1v) is 5.62. The Balaban J connectivity index is 2.62. The largest absolute Gasteiger partial charge is 0.465 e. The van der Waals surface area contributed by atoms with E-state index in [2.05, 4.69) is 0 Å². The summed E-state index contributed by atoms with van der Waals surface area (Å²) in [6, 6.07) is 0. The zero-order valence-electron chi connectivity index (χ0n) is 6.96. The number of piperidine rings is 1. The van der Waals surface area contributed by atoms with Gasteiger partial charge in [0.15, 0.2) is 0 Å². The van der Waals surface area contributed by atoms with Gasteiger partial charge in [-0.3, -0.25) is 4.57 Å². The van der Waals surface area contributed by atoms with Gasteiger partial charge in [-0.25, -0.2) is 4.79 Å². The van der Waals surface area contributed by atoms with Crippen LogP contribution in [0.5, 0.6) is 0 Å². The molecule has 6 nitrogen and oxygen atoms in total. The molecule has 1 amide bonds. The van der Waals surface area contributed by atoms with E-state index in [4.69, 9.17) is 14.9 Å². The fourth-order valence-electron chi connectivity index (χ4n) is 1.40. The topological polar surface area (TPSA) is 98.1 Å². The highest BCUT2D eigenvalue weighted by molar-refractivity contribution is 7.52. The lowest BCUT2D eigenvalue weighted by Crippen LogP contribution is -2.41. The minimum Gasteiger partial charge on any atom is -0.465 e. The highest BCUT2D eigenvalue weighted by Gasteiger charge is 2.34. The summed E-state index contributed by atoms with van der Waals surface area (Å²) < 4.78 is 10.8. The molecule has 0 aromatic heterocycles. The maximum absolute atomic E-state index is 10.8. The third kappa shape index (κ3) is 2.69. The van der Waals surface area contributed by atoms with Gasteiger partial charge in [0.2, 0.25) is 0 Å². The molecule has 0 aromatic rings. The van der Waals surface area contributed by atoms with Crippen LogP contribution in [-0.4, -0.2) is 44.6 Å². The molecular weight excluding hydrogens is 197 g/mol. The second-order valence-corrected chi connectivity index (χ2v) is 5.02. The summed E-state index contributed by atoms with van der Waals surface area (Å²) in [5.41, 5.74) is -0.822. The Morgan fingerprint density at radius 1 is 1.46 bits per heavy atom. The predicted molar refractivity (Wildman–Crippen MR) is 44.7 cm³/mol. The zero-order chi connectivity index (χ0) is 10.1. The number of carbonyl (C=O) groups is 1. The number of carboxylic acid groups (broad SMARTS) is 1. The van der Waals surface area contributed by atoms with E-state index < -0.39 is 19.3 Å². The molecule has 0 aliphatic carbocycles. The molecule has 1 aliphatic heterocycles. The molecule has 1 saturated heterocycles. The second-order valence-electron chi connectivity index (χ2n) is 3.11. The van der Waals surface area contributed by atoms with Gasteiger partial charge in [-0.05, 0) is 12.8 Å². The number of likely N-dealkylation sites (tertiary alicyclic amines) is 1. The first-order chi connectivity index (χ1) is 5.91. The maximum Gasteiger partial charge on any atom is 0.407 e. The molecule has 0 aromatic carbocycles. The minimum atomic E-state index is -4.12.